The average molecular weight is 470 g/mol. The molecule has 3 heterocycles. The lowest BCUT2D eigenvalue weighted by atomic mass is 9.83. The zero-order chi connectivity index (χ0) is 23.7. The fraction of sp³-hybridized carbons (Fsp3) is 0.348. The first-order valence-corrected chi connectivity index (χ1v) is 11.4. The molecule has 2 aliphatic heterocycles. The first kappa shape index (κ1) is 22.9. The molecule has 0 aliphatic carbocycles. The highest BCUT2D eigenvalue weighted by Crippen LogP contribution is 2.50. The van der Waals surface area contributed by atoms with Gasteiger partial charge in [-0.05, 0) is 43.7 Å². The number of hydrogen-bond donors (Lipinski definition) is 1. The van der Waals surface area contributed by atoms with Gasteiger partial charge in [0.15, 0.2) is 0 Å². The van der Waals surface area contributed by atoms with Crippen LogP contribution in [0.2, 0.25) is 0 Å². The fourth-order valence-electron chi connectivity index (χ4n) is 4.15. The fourth-order valence-corrected chi connectivity index (χ4v) is 5.39. The number of aliphatic hydroxyl groups excluding tert-OH is 1. The van der Waals surface area contributed by atoms with E-state index < -0.39 is 22.9 Å². The quantitative estimate of drug-likeness (QED) is 0.270. The topological polar surface area (TPSA) is 123 Å². The molecule has 0 bridgehead atoms. The molecule has 0 unspecified atom stereocenters. The van der Waals surface area contributed by atoms with E-state index in [0.717, 1.165) is 10.6 Å². The molecule has 172 valence electrons. The number of nitro groups is 1. The van der Waals surface area contributed by atoms with Gasteiger partial charge in [-0.3, -0.25) is 19.9 Å². The summed E-state index contributed by atoms with van der Waals surface area (Å²) in [6.07, 6.45) is 1.36. The standard InChI is InChI=1S/C23H23N3O6S/c1-13(27)20-18-11-19(33-14(2)17-5-3-4-10-24-17)21(25(18)22(20)28)23(29)32-12-15-6-8-16(9-7-15)26(30)31/h3-10,13-14,18,20,27H,11-12H2,1-2H3/t13-,14-,18+,20+/m1/s1. The molecule has 0 radical (unpaired) electrons. The molecular weight excluding hydrogens is 446 g/mol. The molecular formula is C23H23N3O6S. The summed E-state index contributed by atoms with van der Waals surface area (Å²) in [4.78, 5) is 42.6. The number of non-ortho nitro benzene ring substituents is 1. The number of pyridine rings is 1. The van der Waals surface area contributed by atoms with Gasteiger partial charge in [0.25, 0.3) is 5.69 Å². The highest BCUT2D eigenvalue weighted by atomic mass is 32.2. The van der Waals surface area contributed by atoms with Gasteiger partial charge in [-0.25, -0.2) is 4.79 Å². The molecule has 10 heteroatoms. The lowest BCUT2D eigenvalue weighted by molar-refractivity contribution is -0.384. The second-order valence-electron chi connectivity index (χ2n) is 8.03. The second-order valence-corrected chi connectivity index (χ2v) is 9.47. The lowest BCUT2D eigenvalue weighted by Crippen LogP contribution is -2.61. The largest absolute Gasteiger partial charge is 0.456 e. The molecule has 0 saturated carbocycles. The summed E-state index contributed by atoms with van der Waals surface area (Å²) in [6, 6.07) is 11.1. The van der Waals surface area contributed by atoms with Crippen LogP contribution in [0.5, 0.6) is 0 Å². The third-order valence-corrected chi connectivity index (χ3v) is 7.06. The van der Waals surface area contributed by atoms with Crippen molar-refractivity contribution in [1.82, 2.24) is 9.88 Å². The van der Waals surface area contributed by atoms with Crippen LogP contribution in [0, 0.1) is 16.0 Å². The predicted molar refractivity (Wildman–Crippen MR) is 121 cm³/mol. The van der Waals surface area contributed by atoms with E-state index >= 15 is 0 Å². The number of thioether (sulfide) groups is 1. The zero-order valence-corrected chi connectivity index (χ0v) is 18.9. The van der Waals surface area contributed by atoms with Crippen molar-refractivity contribution in [2.75, 3.05) is 0 Å². The van der Waals surface area contributed by atoms with Crippen LogP contribution in [0.1, 0.15) is 36.8 Å². The molecule has 1 aromatic carbocycles. The lowest BCUT2D eigenvalue weighted by Gasteiger charge is -2.44. The summed E-state index contributed by atoms with van der Waals surface area (Å²) in [7, 11) is 0. The summed E-state index contributed by atoms with van der Waals surface area (Å²) in [6.45, 7) is 3.47. The summed E-state index contributed by atoms with van der Waals surface area (Å²) in [5.41, 5.74) is 1.60. The van der Waals surface area contributed by atoms with Crippen molar-refractivity contribution in [3.8, 4) is 0 Å². The minimum Gasteiger partial charge on any atom is -0.456 e. The molecule has 2 aliphatic rings. The molecule has 1 N–H and O–H groups in total. The van der Waals surface area contributed by atoms with Gasteiger partial charge in [0, 0.05) is 34.9 Å². The smallest absolute Gasteiger partial charge is 0.356 e. The van der Waals surface area contributed by atoms with Crippen LogP contribution in [-0.4, -0.2) is 43.9 Å². The van der Waals surface area contributed by atoms with E-state index in [1.807, 2.05) is 25.1 Å². The van der Waals surface area contributed by atoms with Crippen LogP contribution in [0.25, 0.3) is 0 Å². The van der Waals surface area contributed by atoms with Crippen LogP contribution in [0.15, 0.2) is 59.3 Å². The number of carbonyl (C=O) groups is 2. The van der Waals surface area contributed by atoms with Crippen LogP contribution in [-0.2, 0) is 20.9 Å². The number of benzene rings is 1. The van der Waals surface area contributed by atoms with E-state index in [0.29, 0.717) is 12.0 Å². The average Bonchev–Trinajstić information content (AvgIpc) is 3.11. The minimum absolute atomic E-state index is 0.0519. The number of aromatic nitrogens is 1. The van der Waals surface area contributed by atoms with Crippen molar-refractivity contribution in [3.05, 3.63) is 80.6 Å². The Hall–Kier alpha value is -3.24. The van der Waals surface area contributed by atoms with Crippen molar-refractivity contribution >= 4 is 29.3 Å². The highest BCUT2D eigenvalue weighted by molar-refractivity contribution is 8.03. The number of carbonyl (C=O) groups excluding carboxylic acids is 2. The molecule has 4 rings (SSSR count). The van der Waals surface area contributed by atoms with Crippen LogP contribution >= 0.6 is 11.8 Å². The number of aliphatic hydroxyl groups is 1. The SMILES string of the molecule is C[C@@H](SC1=C(C(=O)OCc2ccc([N+](=O)[O-])cc2)N2C(=O)[C@@H]([C@@H](C)O)[C@@H]2C1)c1ccccn1. The molecule has 1 aromatic heterocycles. The van der Waals surface area contributed by atoms with Crippen molar-refractivity contribution in [3.63, 3.8) is 0 Å². The van der Waals surface area contributed by atoms with Crippen LogP contribution in [0.3, 0.4) is 0 Å². The minimum atomic E-state index is -0.811. The van der Waals surface area contributed by atoms with Crippen LogP contribution < -0.4 is 0 Å². The van der Waals surface area contributed by atoms with Gasteiger partial charge < -0.3 is 14.7 Å². The van der Waals surface area contributed by atoms with E-state index in [2.05, 4.69) is 4.98 Å². The number of nitrogens with zero attached hydrogens (tertiary/aromatic N) is 3. The van der Waals surface area contributed by atoms with E-state index in [4.69, 9.17) is 4.74 Å². The Morgan fingerprint density at radius 2 is 2.03 bits per heavy atom. The van der Waals surface area contributed by atoms with Crippen LogP contribution in [0.4, 0.5) is 5.69 Å². The highest BCUT2D eigenvalue weighted by Gasteiger charge is 2.57. The normalized spacial score (nSPS) is 21.3. The molecule has 2 aromatic rings. The Bertz CT molecular complexity index is 1100. The van der Waals surface area contributed by atoms with E-state index in [1.54, 1.807) is 13.1 Å². The Labute approximate surface area is 194 Å². The van der Waals surface area contributed by atoms with Gasteiger partial charge >= 0.3 is 5.97 Å². The molecule has 1 fully saturated rings. The van der Waals surface area contributed by atoms with Crippen molar-refractivity contribution in [1.29, 1.82) is 0 Å². The van der Waals surface area contributed by atoms with Gasteiger partial charge in [-0.1, -0.05) is 6.07 Å². The van der Waals surface area contributed by atoms with Gasteiger partial charge in [-0.15, -0.1) is 11.8 Å². The van der Waals surface area contributed by atoms with Crippen molar-refractivity contribution < 1.29 is 24.4 Å². The Morgan fingerprint density at radius 3 is 2.64 bits per heavy atom. The second kappa shape index (κ2) is 9.32. The molecule has 4 atom stereocenters. The maximum Gasteiger partial charge on any atom is 0.356 e. The Kier molecular flexibility index (Phi) is 6.48. The number of amides is 1. The molecule has 0 spiro atoms. The number of β-lactam (4-membered cyclic amide) rings is 1. The number of esters is 1. The molecule has 1 saturated heterocycles. The monoisotopic (exact) mass is 469 g/mol. The summed E-state index contributed by atoms with van der Waals surface area (Å²) in [5.74, 6) is -1.48. The van der Waals surface area contributed by atoms with E-state index in [-0.39, 0.29) is 35.2 Å². The Morgan fingerprint density at radius 1 is 1.30 bits per heavy atom. The van der Waals surface area contributed by atoms with E-state index in [1.165, 1.54) is 40.9 Å². The van der Waals surface area contributed by atoms with Crippen molar-refractivity contribution in [2.24, 2.45) is 5.92 Å². The first-order valence-electron chi connectivity index (χ1n) is 10.5. The third kappa shape index (κ3) is 4.49. The number of hydrogen-bond acceptors (Lipinski definition) is 8. The van der Waals surface area contributed by atoms with Gasteiger partial charge in [0.1, 0.15) is 12.3 Å². The maximum atomic E-state index is 13.1. The Balaban J connectivity index is 1.53. The third-order valence-electron chi connectivity index (χ3n) is 5.82. The number of fused-ring (bicyclic) bond motifs is 1. The van der Waals surface area contributed by atoms with E-state index in [9.17, 15) is 24.8 Å². The summed E-state index contributed by atoms with van der Waals surface area (Å²) in [5, 5.41) is 20.8. The molecule has 33 heavy (non-hydrogen) atoms. The van der Waals surface area contributed by atoms with Crippen molar-refractivity contribution in [2.45, 2.75) is 44.3 Å². The predicted octanol–water partition coefficient (Wildman–Crippen LogP) is 3.35. The van der Waals surface area contributed by atoms with Gasteiger partial charge in [-0.2, -0.15) is 0 Å². The number of rotatable bonds is 8. The first-order chi connectivity index (χ1) is 15.8. The zero-order valence-electron chi connectivity index (χ0n) is 18.1. The molecule has 9 nitrogen and oxygen atoms in total. The van der Waals surface area contributed by atoms with Gasteiger partial charge in [0.05, 0.1) is 28.7 Å². The number of ether oxygens (including phenoxy) is 1. The maximum absolute atomic E-state index is 13.1. The summed E-state index contributed by atoms with van der Waals surface area (Å²) >= 11 is 1.45. The molecule has 1 amide bonds. The summed E-state index contributed by atoms with van der Waals surface area (Å²) < 4.78 is 5.47. The van der Waals surface area contributed by atoms with Gasteiger partial charge in [0.2, 0.25) is 5.91 Å². The number of nitro benzene ring substituents is 1.